The molecule has 1 fully saturated rings. The van der Waals surface area contributed by atoms with Crippen LogP contribution in [0.25, 0.3) is 0 Å². The molecule has 0 saturated carbocycles. The van der Waals surface area contributed by atoms with Gasteiger partial charge in [-0.15, -0.1) is 0 Å². The summed E-state index contributed by atoms with van der Waals surface area (Å²) in [5, 5.41) is 0. The Morgan fingerprint density at radius 1 is 0.958 bits per heavy atom. The van der Waals surface area contributed by atoms with Gasteiger partial charge in [0.25, 0.3) is 0 Å². The number of hydrogen-bond donors (Lipinski definition) is 0. The zero-order chi connectivity index (χ0) is 19.0. The van der Waals surface area contributed by atoms with E-state index >= 15 is 0 Å². The van der Waals surface area contributed by atoms with Crippen LogP contribution in [0.15, 0.2) is 0 Å². The first-order valence-corrected chi connectivity index (χ1v) is 7.97. The molecule has 0 aliphatic carbocycles. The summed E-state index contributed by atoms with van der Waals surface area (Å²) in [6.07, 6.45) is -1.38. The van der Waals surface area contributed by atoms with Gasteiger partial charge >= 0.3 is 5.97 Å². The molecule has 0 radical (unpaired) electrons. The second kappa shape index (κ2) is 6.88. The third kappa shape index (κ3) is 2.57. The van der Waals surface area contributed by atoms with Gasteiger partial charge in [-0.2, -0.15) is 0 Å². The zero-order valence-electron chi connectivity index (χ0n) is 16.5. The Bertz CT molecular complexity index is 470. The topological polar surface area (TPSA) is 72.5 Å². The largest absolute Gasteiger partial charge is 0.433 e. The second-order valence-corrected chi connectivity index (χ2v) is 6.83. The van der Waals surface area contributed by atoms with Gasteiger partial charge in [0, 0.05) is 35.4 Å². The molecule has 0 amide bonds. The minimum Gasteiger partial charge on any atom is -0.433 e. The van der Waals surface area contributed by atoms with Crippen LogP contribution in [-0.4, -0.2) is 69.2 Å². The van der Waals surface area contributed by atoms with Crippen molar-refractivity contribution in [1.82, 2.24) is 0 Å². The molecule has 24 heavy (non-hydrogen) atoms. The minimum absolute atomic E-state index is 0.378. The molecule has 0 spiro atoms. The number of methoxy groups -OCH3 is 4. The lowest BCUT2D eigenvalue weighted by Gasteiger charge is -2.65. The van der Waals surface area contributed by atoms with Crippen molar-refractivity contribution in [3.05, 3.63) is 0 Å². The number of carbonyl (C=O) groups is 1. The summed E-state index contributed by atoms with van der Waals surface area (Å²) in [5.74, 6) is -0.477. The van der Waals surface area contributed by atoms with Crippen molar-refractivity contribution < 1.29 is 33.2 Å². The second-order valence-electron chi connectivity index (χ2n) is 6.83. The molecular formula is C17H32O7. The number of rotatable bonds is 6. The van der Waals surface area contributed by atoms with Crippen LogP contribution >= 0.6 is 0 Å². The summed E-state index contributed by atoms with van der Waals surface area (Å²) >= 11 is 0. The van der Waals surface area contributed by atoms with Crippen LogP contribution in [0, 0.1) is 0 Å². The van der Waals surface area contributed by atoms with Gasteiger partial charge in [0.1, 0.15) is 16.8 Å². The Labute approximate surface area is 144 Å². The predicted molar refractivity (Wildman–Crippen MR) is 87.8 cm³/mol. The number of ether oxygens (including phenoxy) is 6. The van der Waals surface area contributed by atoms with Gasteiger partial charge in [-0.05, 0) is 34.6 Å². The number of hydrogen-bond acceptors (Lipinski definition) is 7. The van der Waals surface area contributed by atoms with E-state index in [-0.39, 0.29) is 6.10 Å². The standard InChI is InChI=1S/C17H32O7/c1-11(19-7)14(3)16(5,21-9)17(6,22-10)15(4,20-8)13(24-14)23-12(2)18/h11,13H,1-10H3. The van der Waals surface area contributed by atoms with E-state index in [1.807, 2.05) is 27.7 Å². The lowest BCUT2D eigenvalue weighted by molar-refractivity contribution is -0.428. The number of carbonyl (C=O) groups excluding carboxylic acids is 1. The molecule has 1 aliphatic heterocycles. The lowest BCUT2D eigenvalue weighted by atomic mass is 9.61. The van der Waals surface area contributed by atoms with Crippen LogP contribution in [-0.2, 0) is 33.2 Å². The lowest BCUT2D eigenvalue weighted by Crippen LogP contribution is -2.84. The molecule has 6 unspecified atom stereocenters. The highest BCUT2D eigenvalue weighted by Gasteiger charge is 2.75. The summed E-state index contributed by atoms with van der Waals surface area (Å²) in [7, 11) is 6.27. The van der Waals surface area contributed by atoms with Crippen molar-refractivity contribution in [2.24, 2.45) is 0 Å². The van der Waals surface area contributed by atoms with Crippen molar-refractivity contribution in [2.75, 3.05) is 28.4 Å². The summed E-state index contributed by atoms with van der Waals surface area (Å²) in [6.45, 7) is 10.6. The molecule has 0 bridgehead atoms. The van der Waals surface area contributed by atoms with Crippen molar-refractivity contribution in [3.8, 4) is 0 Å². The Kier molecular flexibility index (Phi) is 6.11. The van der Waals surface area contributed by atoms with Crippen LogP contribution in [0.2, 0.25) is 0 Å². The van der Waals surface area contributed by atoms with Gasteiger partial charge in [-0.25, -0.2) is 0 Å². The molecule has 0 N–H and O–H groups in total. The fraction of sp³-hybridized carbons (Fsp3) is 0.941. The molecular weight excluding hydrogens is 316 g/mol. The average molecular weight is 348 g/mol. The molecule has 1 saturated heterocycles. The van der Waals surface area contributed by atoms with E-state index in [0.717, 1.165) is 0 Å². The Morgan fingerprint density at radius 2 is 1.46 bits per heavy atom. The maximum Gasteiger partial charge on any atom is 0.305 e. The van der Waals surface area contributed by atoms with E-state index < -0.39 is 34.7 Å². The van der Waals surface area contributed by atoms with Gasteiger partial charge in [-0.1, -0.05) is 0 Å². The van der Waals surface area contributed by atoms with E-state index in [4.69, 9.17) is 28.4 Å². The zero-order valence-corrected chi connectivity index (χ0v) is 16.5. The maximum atomic E-state index is 11.6. The maximum absolute atomic E-state index is 11.6. The molecule has 7 nitrogen and oxygen atoms in total. The molecule has 142 valence electrons. The van der Waals surface area contributed by atoms with E-state index in [0.29, 0.717) is 0 Å². The average Bonchev–Trinajstić information content (AvgIpc) is 2.56. The third-order valence-electron chi connectivity index (χ3n) is 6.25. The van der Waals surface area contributed by atoms with Crippen LogP contribution in [0.1, 0.15) is 41.5 Å². The van der Waals surface area contributed by atoms with Crippen molar-refractivity contribution >= 4 is 5.97 Å². The summed E-state index contributed by atoms with van der Waals surface area (Å²) in [6, 6.07) is 0. The third-order valence-corrected chi connectivity index (χ3v) is 6.25. The first kappa shape index (κ1) is 21.3. The Morgan fingerprint density at radius 3 is 1.79 bits per heavy atom. The highest BCUT2D eigenvalue weighted by atomic mass is 16.8. The summed E-state index contributed by atoms with van der Waals surface area (Å²) in [4.78, 5) is 11.6. The van der Waals surface area contributed by atoms with Gasteiger partial charge in [0.2, 0.25) is 6.29 Å². The van der Waals surface area contributed by atoms with Gasteiger partial charge in [0.15, 0.2) is 5.60 Å². The highest BCUT2D eigenvalue weighted by Crippen LogP contribution is 2.55. The number of esters is 1. The van der Waals surface area contributed by atoms with E-state index in [9.17, 15) is 4.79 Å². The van der Waals surface area contributed by atoms with Gasteiger partial charge in [0.05, 0.1) is 6.10 Å². The first-order valence-electron chi connectivity index (χ1n) is 7.97. The molecule has 7 heteroatoms. The summed E-state index contributed by atoms with van der Waals surface area (Å²) < 4.78 is 34.8. The SMILES string of the molecule is COC(C)C1(C)OC(OC(C)=O)C(C)(OC)C(C)(OC)C1(C)OC. The molecule has 6 atom stereocenters. The molecule has 1 rings (SSSR count). The van der Waals surface area contributed by atoms with Gasteiger partial charge in [-0.3, -0.25) is 4.79 Å². The monoisotopic (exact) mass is 348 g/mol. The van der Waals surface area contributed by atoms with Crippen LogP contribution < -0.4 is 0 Å². The molecule has 0 aromatic rings. The van der Waals surface area contributed by atoms with E-state index in [2.05, 4.69) is 0 Å². The van der Waals surface area contributed by atoms with Crippen molar-refractivity contribution in [1.29, 1.82) is 0 Å². The fourth-order valence-corrected chi connectivity index (χ4v) is 3.70. The van der Waals surface area contributed by atoms with Gasteiger partial charge < -0.3 is 28.4 Å². The van der Waals surface area contributed by atoms with Crippen molar-refractivity contribution in [2.45, 2.75) is 76.3 Å². The Balaban J connectivity index is 3.67. The molecule has 0 aromatic heterocycles. The van der Waals surface area contributed by atoms with Crippen LogP contribution in [0.4, 0.5) is 0 Å². The van der Waals surface area contributed by atoms with Crippen molar-refractivity contribution in [3.63, 3.8) is 0 Å². The minimum atomic E-state index is -1.12. The Hall–Kier alpha value is -0.730. The van der Waals surface area contributed by atoms with Crippen LogP contribution in [0.3, 0.4) is 0 Å². The molecule has 1 heterocycles. The summed E-state index contributed by atoms with van der Waals surface area (Å²) in [5.41, 5.74) is -4.11. The first-order chi connectivity index (χ1) is 10.9. The van der Waals surface area contributed by atoms with E-state index in [1.165, 1.54) is 14.0 Å². The quantitative estimate of drug-likeness (QED) is 0.679. The van der Waals surface area contributed by atoms with Crippen LogP contribution in [0.5, 0.6) is 0 Å². The predicted octanol–water partition coefficient (Wildman–Crippen LogP) is 1.91. The fourth-order valence-electron chi connectivity index (χ4n) is 3.70. The normalized spacial score (nSPS) is 44.2. The molecule has 1 aliphatic rings. The molecule has 0 aromatic carbocycles. The smallest absolute Gasteiger partial charge is 0.305 e. The highest BCUT2D eigenvalue weighted by molar-refractivity contribution is 5.66. The van der Waals surface area contributed by atoms with E-state index in [1.54, 1.807) is 28.3 Å².